The molecule has 2 amide bonds. The van der Waals surface area contributed by atoms with E-state index in [2.05, 4.69) is 10.6 Å². The van der Waals surface area contributed by atoms with E-state index in [1.165, 1.54) is 0 Å². The molecule has 4 N–H and O–H groups in total. The van der Waals surface area contributed by atoms with Crippen LogP contribution in [0.1, 0.15) is 26.3 Å². The molecule has 0 saturated heterocycles. The van der Waals surface area contributed by atoms with Gasteiger partial charge in [-0.05, 0) is 42.8 Å². The molecule has 2 aromatic rings. The molecule has 0 aliphatic heterocycles. The van der Waals surface area contributed by atoms with Gasteiger partial charge in [-0.3, -0.25) is 9.59 Å². The number of amides is 2. The van der Waals surface area contributed by atoms with E-state index in [1.807, 2.05) is 6.92 Å². The average molecular weight is 283 g/mol. The SMILES string of the molecule is CNC(=O)c1ccccc1NC(=O)c1ccc(N)cc1C. The Morgan fingerprint density at radius 1 is 1.00 bits per heavy atom. The Labute approximate surface area is 123 Å². The van der Waals surface area contributed by atoms with Crippen molar-refractivity contribution in [2.24, 2.45) is 0 Å². The maximum atomic E-state index is 12.3. The number of nitrogens with two attached hydrogens (primary N) is 1. The lowest BCUT2D eigenvalue weighted by Gasteiger charge is -2.11. The molecule has 0 saturated carbocycles. The molecular formula is C16H17N3O2. The van der Waals surface area contributed by atoms with Crippen molar-refractivity contribution in [2.45, 2.75) is 6.92 Å². The van der Waals surface area contributed by atoms with Crippen molar-refractivity contribution < 1.29 is 9.59 Å². The molecule has 0 aromatic heterocycles. The summed E-state index contributed by atoms with van der Waals surface area (Å²) < 4.78 is 0. The summed E-state index contributed by atoms with van der Waals surface area (Å²) in [6.45, 7) is 1.82. The molecule has 2 aromatic carbocycles. The molecular weight excluding hydrogens is 266 g/mol. The lowest BCUT2D eigenvalue weighted by Crippen LogP contribution is -2.21. The molecule has 0 aliphatic carbocycles. The minimum absolute atomic E-state index is 0.250. The molecule has 0 aliphatic rings. The van der Waals surface area contributed by atoms with Crippen molar-refractivity contribution in [3.05, 3.63) is 59.2 Å². The van der Waals surface area contributed by atoms with E-state index in [0.29, 0.717) is 22.5 Å². The molecule has 0 bridgehead atoms. The zero-order valence-electron chi connectivity index (χ0n) is 11.9. The molecule has 0 fully saturated rings. The zero-order chi connectivity index (χ0) is 15.4. The number of hydrogen-bond acceptors (Lipinski definition) is 3. The van der Waals surface area contributed by atoms with Crippen LogP contribution < -0.4 is 16.4 Å². The standard InChI is InChI=1S/C16H17N3O2/c1-10-9-11(17)7-8-12(10)16(21)19-14-6-4-3-5-13(14)15(20)18-2/h3-9H,17H2,1-2H3,(H,18,20)(H,19,21). The summed E-state index contributed by atoms with van der Waals surface area (Å²) in [6.07, 6.45) is 0. The lowest BCUT2D eigenvalue weighted by atomic mass is 10.1. The fourth-order valence-electron chi connectivity index (χ4n) is 2.06. The Hall–Kier alpha value is -2.82. The first-order valence-corrected chi connectivity index (χ1v) is 6.51. The highest BCUT2D eigenvalue weighted by Gasteiger charge is 2.14. The Morgan fingerprint density at radius 2 is 1.71 bits per heavy atom. The van der Waals surface area contributed by atoms with E-state index < -0.39 is 0 Å². The Morgan fingerprint density at radius 3 is 2.38 bits per heavy atom. The summed E-state index contributed by atoms with van der Waals surface area (Å²) in [5.41, 5.74) is 8.48. The topological polar surface area (TPSA) is 84.2 Å². The highest BCUT2D eigenvalue weighted by atomic mass is 16.2. The van der Waals surface area contributed by atoms with Crippen LogP contribution >= 0.6 is 0 Å². The van der Waals surface area contributed by atoms with Crippen LogP contribution in [-0.4, -0.2) is 18.9 Å². The van der Waals surface area contributed by atoms with Crippen molar-refractivity contribution >= 4 is 23.2 Å². The number of para-hydroxylation sites is 1. The molecule has 2 rings (SSSR count). The Bertz CT molecular complexity index is 696. The first-order chi connectivity index (χ1) is 10.0. The molecule has 0 heterocycles. The number of carbonyl (C=O) groups is 2. The van der Waals surface area contributed by atoms with Crippen molar-refractivity contribution in [2.75, 3.05) is 18.1 Å². The summed E-state index contributed by atoms with van der Waals surface area (Å²) >= 11 is 0. The number of nitrogen functional groups attached to an aromatic ring is 1. The van der Waals surface area contributed by atoms with Gasteiger partial charge in [-0.1, -0.05) is 12.1 Å². The van der Waals surface area contributed by atoms with Crippen LogP contribution in [0, 0.1) is 6.92 Å². The van der Waals surface area contributed by atoms with Gasteiger partial charge in [0.25, 0.3) is 11.8 Å². The molecule has 0 radical (unpaired) electrons. The molecule has 0 unspecified atom stereocenters. The second-order valence-electron chi connectivity index (χ2n) is 4.65. The minimum atomic E-state index is -0.274. The Kier molecular flexibility index (Phi) is 4.23. The summed E-state index contributed by atoms with van der Waals surface area (Å²) in [6, 6.07) is 11.9. The molecule has 108 valence electrons. The third-order valence-corrected chi connectivity index (χ3v) is 3.14. The molecule has 0 spiro atoms. The fourth-order valence-corrected chi connectivity index (χ4v) is 2.06. The van der Waals surface area contributed by atoms with Crippen LogP contribution in [0.15, 0.2) is 42.5 Å². The predicted molar refractivity (Wildman–Crippen MR) is 83.4 cm³/mol. The van der Waals surface area contributed by atoms with Gasteiger partial charge in [0.1, 0.15) is 0 Å². The lowest BCUT2D eigenvalue weighted by molar-refractivity contribution is 0.0964. The first kappa shape index (κ1) is 14.6. The van der Waals surface area contributed by atoms with Gasteiger partial charge in [0.05, 0.1) is 11.3 Å². The first-order valence-electron chi connectivity index (χ1n) is 6.51. The van der Waals surface area contributed by atoms with Gasteiger partial charge < -0.3 is 16.4 Å². The number of carbonyl (C=O) groups excluding carboxylic acids is 2. The smallest absolute Gasteiger partial charge is 0.255 e. The summed E-state index contributed by atoms with van der Waals surface area (Å²) in [5, 5.41) is 5.31. The van der Waals surface area contributed by atoms with Crippen LogP contribution in [0.3, 0.4) is 0 Å². The van der Waals surface area contributed by atoms with Gasteiger partial charge in [-0.2, -0.15) is 0 Å². The van der Waals surface area contributed by atoms with E-state index >= 15 is 0 Å². The Balaban J connectivity index is 2.30. The van der Waals surface area contributed by atoms with Crippen molar-refractivity contribution in [3.8, 4) is 0 Å². The van der Waals surface area contributed by atoms with E-state index in [1.54, 1.807) is 49.5 Å². The fraction of sp³-hybridized carbons (Fsp3) is 0.125. The number of aryl methyl sites for hydroxylation is 1. The highest BCUT2D eigenvalue weighted by molar-refractivity contribution is 6.09. The summed E-state index contributed by atoms with van der Waals surface area (Å²) in [7, 11) is 1.55. The van der Waals surface area contributed by atoms with Crippen molar-refractivity contribution in [1.29, 1.82) is 0 Å². The average Bonchev–Trinajstić information content (AvgIpc) is 2.46. The van der Waals surface area contributed by atoms with Crippen LogP contribution in [-0.2, 0) is 0 Å². The molecule has 5 heteroatoms. The second kappa shape index (κ2) is 6.09. The van der Waals surface area contributed by atoms with Gasteiger partial charge in [-0.15, -0.1) is 0 Å². The zero-order valence-corrected chi connectivity index (χ0v) is 11.9. The van der Waals surface area contributed by atoms with Gasteiger partial charge >= 0.3 is 0 Å². The number of rotatable bonds is 3. The van der Waals surface area contributed by atoms with Gasteiger partial charge in [0.2, 0.25) is 0 Å². The summed E-state index contributed by atoms with van der Waals surface area (Å²) in [4.78, 5) is 24.1. The number of nitrogens with one attached hydrogen (secondary N) is 2. The van der Waals surface area contributed by atoms with Crippen LogP contribution in [0.25, 0.3) is 0 Å². The number of benzene rings is 2. The van der Waals surface area contributed by atoms with Crippen LogP contribution in [0.2, 0.25) is 0 Å². The normalized spacial score (nSPS) is 10.0. The quantitative estimate of drug-likeness (QED) is 0.755. The van der Waals surface area contributed by atoms with Crippen LogP contribution in [0.5, 0.6) is 0 Å². The second-order valence-corrected chi connectivity index (χ2v) is 4.65. The van der Waals surface area contributed by atoms with E-state index in [4.69, 9.17) is 5.73 Å². The van der Waals surface area contributed by atoms with Crippen LogP contribution in [0.4, 0.5) is 11.4 Å². The molecule has 0 atom stereocenters. The van der Waals surface area contributed by atoms with Gasteiger partial charge in [-0.25, -0.2) is 0 Å². The van der Waals surface area contributed by atoms with Crippen molar-refractivity contribution in [1.82, 2.24) is 5.32 Å². The maximum absolute atomic E-state index is 12.3. The predicted octanol–water partition coefficient (Wildman–Crippen LogP) is 2.19. The minimum Gasteiger partial charge on any atom is -0.399 e. The molecule has 21 heavy (non-hydrogen) atoms. The largest absolute Gasteiger partial charge is 0.399 e. The third-order valence-electron chi connectivity index (χ3n) is 3.14. The highest BCUT2D eigenvalue weighted by Crippen LogP contribution is 2.18. The summed E-state index contributed by atoms with van der Waals surface area (Å²) in [5.74, 6) is -0.524. The van der Waals surface area contributed by atoms with Crippen molar-refractivity contribution in [3.63, 3.8) is 0 Å². The maximum Gasteiger partial charge on any atom is 0.255 e. The number of anilines is 2. The van der Waals surface area contributed by atoms with Gasteiger partial charge in [0, 0.05) is 18.3 Å². The monoisotopic (exact) mass is 283 g/mol. The van der Waals surface area contributed by atoms with Gasteiger partial charge in [0.15, 0.2) is 0 Å². The molecule has 5 nitrogen and oxygen atoms in total. The number of hydrogen-bond donors (Lipinski definition) is 3. The third kappa shape index (κ3) is 3.20. The van der Waals surface area contributed by atoms with E-state index in [0.717, 1.165) is 5.56 Å². The van der Waals surface area contributed by atoms with E-state index in [-0.39, 0.29) is 11.8 Å². The van der Waals surface area contributed by atoms with E-state index in [9.17, 15) is 9.59 Å².